The molecule has 0 aliphatic carbocycles. The molecule has 0 fully saturated rings. The van der Waals surface area contributed by atoms with Gasteiger partial charge in [-0.05, 0) is 67.1 Å². The summed E-state index contributed by atoms with van der Waals surface area (Å²) in [5.41, 5.74) is 4.16. The zero-order chi connectivity index (χ0) is 23.9. The Labute approximate surface area is 202 Å². The number of para-hydroxylation sites is 4. The summed E-state index contributed by atoms with van der Waals surface area (Å²) in [4.78, 5) is 2.17. The first-order chi connectivity index (χ1) is 17.1. The van der Waals surface area contributed by atoms with E-state index in [-0.39, 0.29) is 5.57 Å². The number of hydrogen-bond donors (Lipinski definition) is 0. The molecule has 0 N–H and O–H groups in total. The van der Waals surface area contributed by atoms with Gasteiger partial charge >= 0.3 is 0 Å². The minimum atomic E-state index is 0.0379. The third kappa shape index (κ3) is 3.42. The number of nitrogens with zero attached hydrogens (tertiary/aromatic N) is 3. The Kier molecular flexibility index (Phi) is 4.66. The molecule has 3 heterocycles. The van der Waals surface area contributed by atoms with Crippen molar-refractivity contribution in [3.05, 3.63) is 107 Å². The topological polar surface area (TPSA) is 78.5 Å². The molecule has 6 rings (SSSR count). The van der Waals surface area contributed by atoms with Crippen molar-refractivity contribution < 1.29 is 14.2 Å². The lowest BCUT2D eigenvalue weighted by Gasteiger charge is -2.37. The molecule has 0 aromatic heterocycles. The number of rotatable bonds is 2. The quantitative estimate of drug-likeness (QED) is 0.256. The maximum Gasteiger partial charge on any atom is 0.156 e. The Bertz CT molecular complexity index is 1530. The summed E-state index contributed by atoms with van der Waals surface area (Å²) in [6, 6.07) is 23.6. The molecular weight excluding hydrogens is 438 g/mol. The van der Waals surface area contributed by atoms with E-state index in [1.54, 1.807) is 25.2 Å². The molecule has 166 valence electrons. The van der Waals surface area contributed by atoms with E-state index in [1.165, 1.54) is 0 Å². The number of allylic oxidation sites excluding steroid dienone is 6. The molecule has 6 nitrogen and oxygen atoms in total. The predicted octanol–water partition coefficient (Wildman–Crippen LogP) is 7.54. The Morgan fingerprint density at radius 3 is 1.97 bits per heavy atom. The zero-order valence-corrected chi connectivity index (χ0v) is 18.6. The third-order valence-corrected chi connectivity index (χ3v) is 5.83. The van der Waals surface area contributed by atoms with Crippen LogP contribution in [0.25, 0.3) is 6.08 Å². The first-order valence-corrected chi connectivity index (χ1v) is 11.0. The molecule has 0 unspecified atom stereocenters. The van der Waals surface area contributed by atoms with Crippen LogP contribution in [0.2, 0.25) is 0 Å². The maximum atomic E-state index is 9.22. The molecule has 0 saturated heterocycles. The van der Waals surface area contributed by atoms with Gasteiger partial charge in [0.15, 0.2) is 23.0 Å². The van der Waals surface area contributed by atoms with Crippen molar-refractivity contribution in [2.45, 2.75) is 6.92 Å². The molecule has 3 aliphatic heterocycles. The fourth-order valence-electron chi connectivity index (χ4n) is 4.36. The van der Waals surface area contributed by atoms with Crippen LogP contribution >= 0.6 is 0 Å². The lowest BCUT2D eigenvalue weighted by atomic mass is 10.0. The van der Waals surface area contributed by atoms with Crippen LogP contribution in [0.5, 0.6) is 23.0 Å². The summed E-state index contributed by atoms with van der Waals surface area (Å²) in [5, 5.41) is 18.4. The van der Waals surface area contributed by atoms with Crippen molar-refractivity contribution >= 4 is 23.1 Å². The Morgan fingerprint density at radius 2 is 1.37 bits per heavy atom. The smallest absolute Gasteiger partial charge is 0.156 e. The number of fused-ring (bicyclic) bond motifs is 4. The Hall–Kier alpha value is -5.20. The SMILES string of the molecule is CC1=CC(=C(C#N)C#N)C=C(/C=C/c2cc3c4c(c2)Oc2ccccc2N4c2ccccc2O3)O1. The van der Waals surface area contributed by atoms with Crippen molar-refractivity contribution in [3.63, 3.8) is 0 Å². The van der Waals surface area contributed by atoms with Gasteiger partial charge in [0.05, 0.1) is 11.4 Å². The summed E-state index contributed by atoms with van der Waals surface area (Å²) in [6.45, 7) is 1.78. The zero-order valence-electron chi connectivity index (χ0n) is 18.6. The second-order valence-corrected chi connectivity index (χ2v) is 8.13. The Balaban J connectivity index is 1.43. The summed E-state index contributed by atoms with van der Waals surface area (Å²) >= 11 is 0. The molecule has 0 bridgehead atoms. The normalized spacial score (nSPS) is 14.6. The van der Waals surface area contributed by atoms with Crippen LogP contribution in [0, 0.1) is 22.7 Å². The first kappa shape index (κ1) is 20.4. The van der Waals surface area contributed by atoms with E-state index in [2.05, 4.69) is 4.90 Å². The summed E-state index contributed by atoms with van der Waals surface area (Å²) in [7, 11) is 0. The fourth-order valence-corrected chi connectivity index (χ4v) is 4.36. The van der Waals surface area contributed by atoms with Gasteiger partial charge in [-0.25, -0.2) is 0 Å². The highest BCUT2D eigenvalue weighted by Gasteiger charge is 2.34. The van der Waals surface area contributed by atoms with E-state index in [0.717, 1.165) is 34.1 Å². The second kappa shape index (κ2) is 7.98. The molecule has 0 radical (unpaired) electrons. The van der Waals surface area contributed by atoms with Gasteiger partial charge in [-0.2, -0.15) is 10.5 Å². The molecule has 0 atom stereocenters. The average molecular weight is 455 g/mol. The van der Waals surface area contributed by atoms with Crippen molar-refractivity contribution in [3.8, 4) is 35.1 Å². The number of benzene rings is 3. The van der Waals surface area contributed by atoms with Crippen LogP contribution in [0.3, 0.4) is 0 Å². The monoisotopic (exact) mass is 455 g/mol. The minimum Gasteiger partial charge on any atom is -0.462 e. The van der Waals surface area contributed by atoms with Crippen LogP contribution in [-0.2, 0) is 4.74 Å². The average Bonchev–Trinajstić information content (AvgIpc) is 2.87. The van der Waals surface area contributed by atoms with Crippen molar-refractivity contribution in [2.75, 3.05) is 4.90 Å². The van der Waals surface area contributed by atoms with Gasteiger partial charge in [-0.1, -0.05) is 30.3 Å². The van der Waals surface area contributed by atoms with E-state index in [0.29, 0.717) is 28.6 Å². The molecule has 35 heavy (non-hydrogen) atoms. The molecular formula is C29H17N3O3. The van der Waals surface area contributed by atoms with Crippen LogP contribution < -0.4 is 14.4 Å². The lowest BCUT2D eigenvalue weighted by Crippen LogP contribution is -2.20. The molecule has 3 aromatic carbocycles. The molecule has 3 aromatic rings. The van der Waals surface area contributed by atoms with Gasteiger partial charge in [-0.15, -0.1) is 0 Å². The van der Waals surface area contributed by atoms with Crippen LogP contribution in [-0.4, -0.2) is 0 Å². The van der Waals surface area contributed by atoms with Crippen molar-refractivity contribution in [1.29, 1.82) is 10.5 Å². The summed E-state index contributed by atoms with van der Waals surface area (Å²) in [6.07, 6.45) is 7.03. The Morgan fingerprint density at radius 1 is 0.771 bits per heavy atom. The number of anilines is 3. The highest BCUT2D eigenvalue weighted by molar-refractivity contribution is 5.94. The molecule has 0 amide bonds. The largest absolute Gasteiger partial charge is 0.462 e. The van der Waals surface area contributed by atoms with Gasteiger partial charge in [0.25, 0.3) is 0 Å². The van der Waals surface area contributed by atoms with Crippen molar-refractivity contribution in [2.24, 2.45) is 0 Å². The van der Waals surface area contributed by atoms with Gasteiger partial charge < -0.3 is 14.2 Å². The fraction of sp³-hybridized carbons (Fsp3) is 0.0345. The van der Waals surface area contributed by atoms with Gasteiger partial charge in [0.1, 0.15) is 34.9 Å². The van der Waals surface area contributed by atoms with E-state index in [1.807, 2.05) is 78.9 Å². The van der Waals surface area contributed by atoms with Crippen molar-refractivity contribution in [1.82, 2.24) is 0 Å². The van der Waals surface area contributed by atoms with Gasteiger partial charge in [0, 0.05) is 5.57 Å². The van der Waals surface area contributed by atoms with Crippen LogP contribution in [0.4, 0.5) is 17.1 Å². The van der Waals surface area contributed by atoms with E-state index < -0.39 is 0 Å². The molecule has 0 saturated carbocycles. The highest BCUT2D eigenvalue weighted by atomic mass is 16.5. The number of nitriles is 2. The van der Waals surface area contributed by atoms with Crippen LogP contribution in [0.15, 0.2) is 102 Å². The molecule has 0 spiro atoms. The minimum absolute atomic E-state index is 0.0379. The molecule has 3 aliphatic rings. The standard InChI is InChI=1S/C29H17N3O3/c1-18-12-20(21(16-30)17-31)15-22(33-18)11-10-19-13-27-29-28(14-19)35-26-9-5-3-7-24(26)32(29)23-6-2-4-8-25(23)34-27/h2-15H,1H3/b11-10+. The lowest BCUT2D eigenvalue weighted by molar-refractivity contribution is 0.318. The van der Waals surface area contributed by atoms with Gasteiger partial charge in [0.2, 0.25) is 0 Å². The van der Waals surface area contributed by atoms with E-state index in [9.17, 15) is 10.5 Å². The number of ether oxygens (including phenoxy) is 3. The molecule has 6 heteroatoms. The predicted molar refractivity (Wildman–Crippen MR) is 131 cm³/mol. The third-order valence-electron chi connectivity index (χ3n) is 5.83. The highest BCUT2D eigenvalue weighted by Crippen LogP contribution is 2.59. The van der Waals surface area contributed by atoms with Gasteiger partial charge in [-0.3, -0.25) is 4.90 Å². The number of hydrogen-bond acceptors (Lipinski definition) is 6. The van der Waals surface area contributed by atoms with Crippen LogP contribution in [0.1, 0.15) is 12.5 Å². The maximum absolute atomic E-state index is 9.22. The summed E-state index contributed by atoms with van der Waals surface area (Å²) in [5.74, 6) is 4.01. The van der Waals surface area contributed by atoms with E-state index in [4.69, 9.17) is 14.2 Å². The summed E-state index contributed by atoms with van der Waals surface area (Å²) < 4.78 is 18.3. The second-order valence-electron chi connectivity index (χ2n) is 8.13. The van der Waals surface area contributed by atoms with E-state index >= 15 is 0 Å². The first-order valence-electron chi connectivity index (χ1n) is 11.0.